The van der Waals surface area contributed by atoms with Crippen molar-refractivity contribution in [3.63, 3.8) is 0 Å². The molecule has 3 aromatic heterocycles. The molecule has 0 saturated carbocycles. The molecule has 0 atom stereocenters. The van der Waals surface area contributed by atoms with Crippen molar-refractivity contribution < 1.29 is 9.59 Å². The Hall–Kier alpha value is -2.28. The number of aryl methyl sites for hydroxylation is 3. The van der Waals surface area contributed by atoms with Gasteiger partial charge in [0, 0.05) is 15.1 Å². The Morgan fingerprint density at radius 3 is 2.71 bits per heavy atom. The molecular weight excluding hydrogens is 448 g/mol. The van der Waals surface area contributed by atoms with E-state index in [1.807, 2.05) is 0 Å². The third kappa shape index (κ3) is 4.00. The summed E-state index contributed by atoms with van der Waals surface area (Å²) < 4.78 is 0. The summed E-state index contributed by atoms with van der Waals surface area (Å²) in [5, 5.41) is 14.8. The van der Waals surface area contributed by atoms with Gasteiger partial charge in [-0.05, 0) is 56.1 Å². The normalized spacial score (nSPS) is 14.8. The van der Waals surface area contributed by atoms with E-state index in [0.29, 0.717) is 10.6 Å². The van der Waals surface area contributed by atoms with Crippen LogP contribution in [0.5, 0.6) is 0 Å². The van der Waals surface area contributed by atoms with Gasteiger partial charge in [0.15, 0.2) is 5.78 Å². The zero-order valence-corrected chi connectivity index (χ0v) is 19.3. The van der Waals surface area contributed by atoms with Gasteiger partial charge in [-0.3, -0.25) is 9.59 Å². The number of nitrogens with one attached hydrogen (secondary N) is 1. The Bertz CT molecular complexity index is 1240. The first-order chi connectivity index (χ1) is 15.1. The molecule has 0 fully saturated rings. The van der Waals surface area contributed by atoms with Gasteiger partial charge >= 0.3 is 0 Å². The maximum absolute atomic E-state index is 12.5. The van der Waals surface area contributed by atoms with E-state index < -0.39 is 0 Å². The van der Waals surface area contributed by atoms with Crippen molar-refractivity contribution in [2.45, 2.75) is 56.4 Å². The molecule has 0 radical (unpaired) electrons. The predicted molar refractivity (Wildman–Crippen MR) is 124 cm³/mol. The lowest BCUT2D eigenvalue weighted by Crippen LogP contribution is -2.17. The number of ketones is 1. The molecule has 0 spiro atoms. The average Bonchev–Trinajstić information content (AvgIpc) is 3.44. The van der Waals surface area contributed by atoms with Gasteiger partial charge in [0.1, 0.15) is 27.3 Å². The van der Waals surface area contributed by atoms with Crippen LogP contribution < -0.4 is 5.32 Å². The van der Waals surface area contributed by atoms with Crippen molar-refractivity contribution in [3.8, 4) is 6.07 Å². The minimum Gasteiger partial charge on any atom is -0.316 e. The monoisotopic (exact) mass is 468 g/mol. The molecule has 0 saturated heterocycles. The Morgan fingerprint density at radius 2 is 1.84 bits per heavy atom. The lowest BCUT2D eigenvalue weighted by atomic mass is 9.96. The minimum absolute atomic E-state index is 0.152. The molecule has 31 heavy (non-hydrogen) atoms. The summed E-state index contributed by atoms with van der Waals surface area (Å²) in [7, 11) is 0. The van der Waals surface area contributed by atoms with E-state index in [1.54, 1.807) is 17.7 Å². The summed E-state index contributed by atoms with van der Waals surface area (Å²) in [6.07, 6.45) is 8.68. The molecule has 158 valence electrons. The quantitative estimate of drug-likeness (QED) is 0.321. The van der Waals surface area contributed by atoms with Crippen LogP contribution in [-0.2, 0) is 35.3 Å². The van der Waals surface area contributed by atoms with Gasteiger partial charge in [0.2, 0.25) is 5.91 Å². The summed E-state index contributed by atoms with van der Waals surface area (Å²) in [6.45, 7) is 0. The Morgan fingerprint density at radius 1 is 1.06 bits per heavy atom. The molecule has 1 N–H and O–H groups in total. The molecule has 2 aliphatic rings. The lowest BCUT2D eigenvalue weighted by molar-refractivity contribution is -0.123. The fourth-order valence-corrected chi connectivity index (χ4v) is 7.77. The Kier molecular flexibility index (Phi) is 5.78. The molecule has 2 aliphatic carbocycles. The largest absolute Gasteiger partial charge is 0.316 e. The molecule has 0 bridgehead atoms. The van der Waals surface area contributed by atoms with Gasteiger partial charge in [0.25, 0.3) is 0 Å². The number of anilines is 1. The molecule has 9 heteroatoms. The maximum Gasteiger partial charge on any atom is 0.232 e. The van der Waals surface area contributed by atoms with Crippen LogP contribution in [0.3, 0.4) is 0 Å². The average molecular weight is 469 g/mol. The number of thiophene rings is 2. The summed E-state index contributed by atoms with van der Waals surface area (Å²) in [5.74, 6) is -0.318. The van der Waals surface area contributed by atoms with Gasteiger partial charge in [-0.15, -0.1) is 22.7 Å². The van der Waals surface area contributed by atoms with E-state index >= 15 is 0 Å². The number of nitrogens with zero attached hydrogens (tertiary/aromatic N) is 3. The van der Waals surface area contributed by atoms with E-state index in [1.165, 1.54) is 38.4 Å². The second-order valence-corrected chi connectivity index (χ2v) is 10.9. The number of fused-ring (bicyclic) bond motifs is 4. The van der Waals surface area contributed by atoms with Crippen molar-refractivity contribution >= 4 is 61.3 Å². The molecule has 1 amide bonds. The van der Waals surface area contributed by atoms with Crippen molar-refractivity contribution in [2.75, 3.05) is 11.1 Å². The number of hydrogen-bond acceptors (Lipinski definition) is 8. The molecule has 0 aliphatic heterocycles. The number of nitriles is 1. The summed E-state index contributed by atoms with van der Waals surface area (Å²) in [4.78, 5) is 37.3. The standard InChI is InChI=1S/C22H20N4O2S3/c23-9-15-13-4-1-2-6-16(13)30-20(15)26-18(28)8-12(27)10-29-21-19-14-5-3-7-17(14)31-22(19)25-11-24-21/h11H,1-8,10H2,(H,26,28). The van der Waals surface area contributed by atoms with Crippen LogP contribution in [0, 0.1) is 11.3 Å². The number of Topliss-reactive ketones (excluding diaryl/α,β-unsaturated/α-hetero) is 1. The third-order valence-corrected chi connectivity index (χ3v) is 9.19. The van der Waals surface area contributed by atoms with Crippen LogP contribution in [0.1, 0.15) is 52.1 Å². The molecule has 6 nitrogen and oxygen atoms in total. The number of aromatic nitrogens is 2. The summed E-state index contributed by atoms with van der Waals surface area (Å²) in [6, 6.07) is 2.24. The molecular formula is C22H20N4O2S3. The first-order valence-electron chi connectivity index (χ1n) is 10.4. The van der Waals surface area contributed by atoms with E-state index in [9.17, 15) is 14.9 Å². The van der Waals surface area contributed by atoms with E-state index in [-0.39, 0.29) is 23.9 Å². The van der Waals surface area contributed by atoms with Gasteiger partial charge in [-0.25, -0.2) is 9.97 Å². The SMILES string of the molecule is N#Cc1c(NC(=O)CC(=O)CSc2ncnc3sc4c(c23)CCC4)sc2c1CCCC2. The minimum atomic E-state index is -0.357. The van der Waals surface area contributed by atoms with Crippen molar-refractivity contribution in [2.24, 2.45) is 0 Å². The number of thioether (sulfide) groups is 1. The number of hydrogen-bond donors (Lipinski definition) is 1. The van der Waals surface area contributed by atoms with Crippen LogP contribution in [-0.4, -0.2) is 27.4 Å². The lowest BCUT2D eigenvalue weighted by Gasteiger charge is -2.09. The second kappa shape index (κ2) is 8.69. The van der Waals surface area contributed by atoms with Crippen molar-refractivity contribution in [1.82, 2.24) is 9.97 Å². The fraction of sp³-hybridized carbons (Fsp3) is 0.409. The first kappa shape index (κ1) is 20.6. The van der Waals surface area contributed by atoms with Gasteiger partial charge in [-0.1, -0.05) is 11.8 Å². The first-order valence-corrected chi connectivity index (χ1v) is 13.0. The fourth-order valence-electron chi connectivity index (χ4n) is 4.33. The number of amides is 1. The van der Waals surface area contributed by atoms with Crippen molar-refractivity contribution in [3.05, 3.63) is 32.8 Å². The van der Waals surface area contributed by atoms with Crippen LogP contribution in [0.2, 0.25) is 0 Å². The number of carbonyl (C=O) groups is 2. The van der Waals surface area contributed by atoms with Gasteiger partial charge < -0.3 is 5.32 Å². The molecule has 3 aromatic rings. The highest BCUT2D eigenvalue weighted by molar-refractivity contribution is 8.00. The Labute approximate surface area is 192 Å². The second-order valence-electron chi connectivity index (χ2n) is 7.80. The van der Waals surface area contributed by atoms with Gasteiger partial charge in [0.05, 0.1) is 17.7 Å². The van der Waals surface area contributed by atoms with Crippen LogP contribution in [0.15, 0.2) is 11.4 Å². The van der Waals surface area contributed by atoms with E-state index in [4.69, 9.17) is 0 Å². The van der Waals surface area contributed by atoms with Gasteiger partial charge in [-0.2, -0.15) is 5.26 Å². The highest BCUT2D eigenvalue weighted by Crippen LogP contribution is 2.40. The molecule has 3 heterocycles. The zero-order chi connectivity index (χ0) is 21.4. The van der Waals surface area contributed by atoms with E-state index in [0.717, 1.165) is 65.8 Å². The van der Waals surface area contributed by atoms with Crippen molar-refractivity contribution in [1.29, 1.82) is 5.26 Å². The number of rotatable bonds is 6. The molecule has 0 unspecified atom stereocenters. The van der Waals surface area contributed by atoms with Crippen LogP contribution >= 0.6 is 34.4 Å². The smallest absolute Gasteiger partial charge is 0.232 e. The van der Waals surface area contributed by atoms with Crippen LogP contribution in [0.4, 0.5) is 5.00 Å². The topological polar surface area (TPSA) is 95.7 Å². The third-order valence-electron chi connectivity index (χ3n) is 5.73. The molecule has 0 aromatic carbocycles. The molecule has 5 rings (SSSR count). The highest BCUT2D eigenvalue weighted by atomic mass is 32.2. The van der Waals surface area contributed by atoms with Crippen LogP contribution in [0.25, 0.3) is 10.2 Å². The Balaban J connectivity index is 1.23. The van der Waals surface area contributed by atoms with E-state index in [2.05, 4.69) is 21.4 Å². The predicted octanol–water partition coefficient (Wildman–Crippen LogP) is 4.68. The summed E-state index contributed by atoms with van der Waals surface area (Å²) in [5.41, 5.74) is 2.98. The highest BCUT2D eigenvalue weighted by Gasteiger charge is 2.24. The number of carbonyl (C=O) groups excluding carboxylic acids is 2. The maximum atomic E-state index is 12.5. The summed E-state index contributed by atoms with van der Waals surface area (Å²) >= 11 is 4.58. The zero-order valence-electron chi connectivity index (χ0n) is 16.8.